The first-order valence-electron chi connectivity index (χ1n) is 5.91. The van der Waals surface area contributed by atoms with E-state index in [-0.39, 0.29) is 16.5 Å². The minimum atomic E-state index is -2.97. The zero-order chi connectivity index (χ0) is 13.3. The van der Waals surface area contributed by atoms with Crippen LogP contribution in [0.15, 0.2) is 0 Å². The second-order valence-electron chi connectivity index (χ2n) is 5.17. The van der Waals surface area contributed by atoms with E-state index in [0.29, 0.717) is 12.1 Å². The van der Waals surface area contributed by atoms with E-state index in [2.05, 4.69) is 31.9 Å². The van der Waals surface area contributed by atoms with Crippen molar-refractivity contribution in [2.45, 2.75) is 50.6 Å². The van der Waals surface area contributed by atoms with Gasteiger partial charge in [-0.25, -0.2) is 0 Å². The first-order valence-corrected chi connectivity index (χ1v) is 9.56. The van der Waals surface area contributed by atoms with Crippen LogP contribution < -0.4 is 0 Å². The van der Waals surface area contributed by atoms with Gasteiger partial charge in [-0.2, -0.15) is 0 Å². The Kier molecular flexibility index (Phi) is 5.75. The molecule has 1 rings (SSSR count). The van der Waals surface area contributed by atoms with Gasteiger partial charge in [0.05, 0.1) is 18.4 Å². The molecule has 3 nitrogen and oxygen atoms in total. The Labute approximate surface area is 121 Å². The third-order valence-corrected chi connectivity index (χ3v) is 7.94. The molecule has 17 heavy (non-hydrogen) atoms. The molecule has 2 atom stereocenters. The van der Waals surface area contributed by atoms with Crippen molar-refractivity contribution in [1.29, 1.82) is 0 Å². The number of rotatable bonds is 7. The minimum absolute atomic E-state index is 0.0768. The summed E-state index contributed by atoms with van der Waals surface area (Å²) in [6, 6.07) is 0. The summed E-state index contributed by atoms with van der Waals surface area (Å²) in [7, 11) is -2.97. The summed E-state index contributed by atoms with van der Waals surface area (Å²) in [6.07, 6.45) is 1.37. The van der Waals surface area contributed by atoms with Crippen molar-refractivity contribution in [3.05, 3.63) is 0 Å². The fourth-order valence-corrected chi connectivity index (χ4v) is 5.78. The standard InChI is InChI=1S/C11H21Br2O3P/c1-8(2)15-17(14,16-9(3)4)6-10-5-11(10,13)7-12/h8-10H,5-7H2,1-4H3. The molecule has 0 aromatic heterocycles. The van der Waals surface area contributed by atoms with Gasteiger partial charge in [0.25, 0.3) is 0 Å². The van der Waals surface area contributed by atoms with Crippen molar-refractivity contribution in [1.82, 2.24) is 0 Å². The van der Waals surface area contributed by atoms with Crippen LogP contribution in [0.1, 0.15) is 34.1 Å². The molecular weight excluding hydrogens is 371 g/mol. The average Bonchev–Trinajstić information content (AvgIpc) is 2.73. The fourth-order valence-electron chi connectivity index (χ4n) is 1.77. The van der Waals surface area contributed by atoms with Gasteiger partial charge in [-0.05, 0) is 40.0 Å². The van der Waals surface area contributed by atoms with E-state index in [1.807, 2.05) is 27.7 Å². The van der Waals surface area contributed by atoms with E-state index in [4.69, 9.17) is 9.05 Å². The lowest BCUT2D eigenvalue weighted by Gasteiger charge is -2.23. The van der Waals surface area contributed by atoms with Crippen LogP contribution in [0.2, 0.25) is 0 Å². The maximum atomic E-state index is 12.6. The molecule has 102 valence electrons. The highest BCUT2D eigenvalue weighted by atomic mass is 79.9. The summed E-state index contributed by atoms with van der Waals surface area (Å²) in [5.74, 6) is 0.366. The van der Waals surface area contributed by atoms with Gasteiger partial charge in [0.15, 0.2) is 0 Å². The SMILES string of the molecule is CC(C)OP(=O)(CC1CC1(Br)CBr)OC(C)C. The van der Waals surface area contributed by atoms with Gasteiger partial charge in [-0.15, -0.1) is 0 Å². The Hall–Kier alpha value is 1.11. The van der Waals surface area contributed by atoms with Gasteiger partial charge in [0.1, 0.15) is 0 Å². The number of halogens is 2. The molecule has 0 amide bonds. The van der Waals surface area contributed by atoms with Gasteiger partial charge in [-0.1, -0.05) is 31.9 Å². The predicted molar refractivity (Wildman–Crippen MR) is 78.5 cm³/mol. The number of hydrogen-bond donors (Lipinski definition) is 0. The molecule has 1 aliphatic rings. The largest absolute Gasteiger partial charge is 0.331 e. The molecule has 1 aliphatic carbocycles. The van der Waals surface area contributed by atoms with E-state index < -0.39 is 7.60 Å². The van der Waals surface area contributed by atoms with Gasteiger partial charge >= 0.3 is 7.60 Å². The third-order valence-electron chi connectivity index (χ3n) is 2.57. The molecule has 6 heteroatoms. The van der Waals surface area contributed by atoms with Gasteiger partial charge in [0.2, 0.25) is 0 Å². The zero-order valence-corrected chi connectivity index (χ0v) is 14.8. The quantitative estimate of drug-likeness (QED) is 0.470. The Morgan fingerprint density at radius 3 is 2.06 bits per heavy atom. The van der Waals surface area contributed by atoms with Crippen LogP contribution in [-0.4, -0.2) is 28.0 Å². The molecular formula is C11H21Br2O3P. The molecule has 1 saturated carbocycles. The lowest BCUT2D eigenvalue weighted by Crippen LogP contribution is -2.14. The summed E-state index contributed by atoms with van der Waals surface area (Å²) in [6.45, 7) is 7.54. The Balaban J connectivity index is 2.62. The molecule has 0 aromatic rings. The van der Waals surface area contributed by atoms with Gasteiger partial charge in [0, 0.05) is 9.65 Å². The van der Waals surface area contributed by atoms with Crippen molar-refractivity contribution in [3.63, 3.8) is 0 Å². The van der Waals surface area contributed by atoms with Crippen LogP contribution in [0.5, 0.6) is 0 Å². The zero-order valence-electron chi connectivity index (χ0n) is 10.8. The average molecular weight is 392 g/mol. The summed E-state index contributed by atoms with van der Waals surface area (Å²) in [5.41, 5.74) is 0. The molecule has 0 bridgehead atoms. The van der Waals surface area contributed by atoms with Crippen molar-refractivity contribution < 1.29 is 13.6 Å². The molecule has 0 N–H and O–H groups in total. The van der Waals surface area contributed by atoms with Crippen LogP contribution in [0.3, 0.4) is 0 Å². The second-order valence-corrected chi connectivity index (χ2v) is 9.32. The van der Waals surface area contributed by atoms with E-state index in [9.17, 15) is 4.57 Å². The lowest BCUT2D eigenvalue weighted by molar-refractivity contribution is 0.141. The first-order chi connectivity index (χ1) is 7.71. The maximum Gasteiger partial charge on any atom is 0.331 e. The highest BCUT2D eigenvalue weighted by Crippen LogP contribution is 2.62. The van der Waals surface area contributed by atoms with Crippen LogP contribution in [0.25, 0.3) is 0 Å². The normalized spacial score (nSPS) is 29.1. The number of hydrogen-bond acceptors (Lipinski definition) is 3. The fraction of sp³-hybridized carbons (Fsp3) is 1.00. The smallest absolute Gasteiger partial charge is 0.306 e. The van der Waals surface area contributed by atoms with Crippen LogP contribution in [0.4, 0.5) is 0 Å². The van der Waals surface area contributed by atoms with Gasteiger partial charge in [-0.3, -0.25) is 4.57 Å². The molecule has 0 aromatic carbocycles. The molecule has 0 spiro atoms. The summed E-state index contributed by atoms with van der Waals surface area (Å²) < 4.78 is 23.8. The van der Waals surface area contributed by atoms with Crippen molar-refractivity contribution >= 4 is 39.5 Å². The van der Waals surface area contributed by atoms with Crippen molar-refractivity contribution in [3.8, 4) is 0 Å². The van der Waals surface area contributed by atoms with E-state index in [1.165, 1.54) is 0 Å². The Morgan fingerprint density at radius 2 is 1.76 bits per heavy atom. The first kappa shape index (κ1) is 16.2. The topological polar surface area (TPSA) is 35.5 Å². The van der Waals surface area contributed by atoms with E-state index in [0.717, 1.165) is 11.8 Å². The highest BCUT2D eigenvalue weighted by Gasteiger charge is 2.54. The Morgan fingerprint density at radius 1 is 1.29 bits per heavy atom. The third kappa shape index (κ3) is 4.94. The highest BCUT2D eigenvalue weighted by molar-refractivity contribution is 9.12. The van der Waals surface area contributed by atoms with Crippen LogP contribution in [-0.2, 0) is 13.6 Å². The Bertz CT molecular complexity index is 295. The number of alkyl halides is 2. The summed E-state index contributed by atoms with van der Waals surface area (Å²) in [5, 5.41) is 0.869. The summed E-state index contributed by atoms with van der Waals surface area (Å²) in [4.78, 5) is 0. The van der Waals surface area contributed by atoms with Gasteiger partial charge < -0.3 is 9.05 Å². The molecule has 2 unspecified atom stereocenters. The predicted octanol–water partition coefficient (Wildman–Crippen LogP) is 4.58. The monoisotopic (exact) mass is 390 g/mol. The van der Waals surface area contributed by atoms with Crippen molar-refractivity contribution in [2.24, 2.45) is 5.92 Å². The van der Waals surface area contributed by atoms with Crippen molar-refractivity contribution in [2.75, 3.05) is 11.5 Å². The van der Waals surface area contributed by atoms with Crippen LogP contribution >= 0.6 is 39.5 Å². The molecule has 0 radical (unpaired) electrons. The second kappa shape index (κ2) is 6.04. The molecule has 0 aliphatic heterocycles. The van der Waals surface area contributed by atoms with Crippen LogP contribution in [0, 0.1) is 5.92 Å². The minimum Gasteiger partial charge on any atom is -0.306 e. The maximum absolute atomic E-state index is 12.6. The molecule has 0 saturated heterocycles. The van der Waals surface area contributed by atoms with E-state index in [1.54, 1.807) is 0 Å². The lowest BCUT2D eigenvalue weighted by atomic mass is 10.4. The van der Waals surface area contributed by atoms with E-state index >= 15 is 0 Å². The summed E-state index contributed by atoms with van der Waals surface area (Å²) >= 11 is 7.12. The molecule has 1 fully saturated rings. The molecule has 0 heterocycles.